The minimum Gasteiger partial charge on any atom is -0.480 e. The van der Waals surface area contributed by atoms with Gasteiger partial charge in [-0.25, -0.2) is 14.6 Å². The highest BCUT2D eigenvalue weighted by Gasteiger charge is 2.31. The Balaban J connectivity index is 1.92. The molecule has 98 valence electrons. The Morgan fingerprint density at radius 1 is 1.56 bits per heavy atom. The van der Waals surface area contributed by atoms with Crippen molar-refractivity contribution < 1.29 is 14.7 Å². The minimum atomic E-state index is -0.932. The molecular formula is C11H15N3O3S. The van der Waals surface area contributed by atoms with Crippen LogP contribution in [0.2, 0.25) is 0 Å². The molecule has 6 nitrogen and oxygen atoms in total. The Morgan fingerprint density at radius 3 is 3.06 bits per heavy atom. The number of likely N-dealkylation sites (tertiary alicyclic amines) is 1. The number of aliphatic carboxylic acids is 1. The molecule has 1 atom stereocenters. The summed E-state index contributed by atoms with van der Waals surface area (Å²) in [4.78, 5) is 28.5. The van der Waals surface area contributed by atoms with Crippen molar-refractivity contribution in [2.75, 3.05) is 6.54 Å². The number of amides is 2. The number of carbonyl (C=O) groups is 2. The summed E-state index contributed by atoms with van der Waals surface area (Å²) in [6, 6.07) is -1.02. The standard InChI is InChI=1S/C11H15N3O3S/c15-10(16)9-3-1-2-4-14(9)11(17)12-5-8-6-18-7-13-8/h6-7,9H,1-5H2,(H,12,17)(H,15,16). The number of hydrogen-bond acceptors (Lipinski definition) is 4. The fourth-order valence-corrected chi connectivity index (χ4v) is 2.58. The molecule has 0 saturated carbocycles. The van der Waals surface area contributed by atoms with Crippen molar-refractivity contribution in [2.24, 2.45) is 0 Å². The summed E-state index contributed by atoms with van der Waals surface area (Å²) in [5.74, 6) is -0.932. The van der Waals surface area contributed by atoms with Gasteiger partial charge in [-0.15, -0.1) is 11.3 Å². The predicted molar refractivity (Wildman–Crippen MR) is 66.3 cm³/mol. The largest absolute Gasteiger partial charge is 0.480 e. The molecular weight excluding hydrogens is 254 g/mol. The second-order valence-corrected chi connectivity index (χ2v) is 4.90. The van der Waals surface area contributed by atoms with Gasteiger partial charge in [-0.3, -0.25) is 0 Å². The lowest BCUT2D eigenvalue weighted by molar-refractivity contribution is -0.143. The van der Waals surface area contributed by atoms with E-state index in [4.69, 9.17) is 5.11 Å². The quantitative estimate of drug-likeness (QED) is 0.866. The van der Waals surface area contributed by atoms with Crippen LogP contribution in [0.4, 0.5) is 4.79 Å². The number of rotatable bonds is 3. The Hall–Kier alpha value is -1.63. The number of hydrogen-bond donors (Lipinski definition) is 2. The first kappa shape index (κ1) is 12.8. The summed E-state index contributed by atoms with van der Waals surface area (Å²) in [7, 11) is 0. The summed E-state index contributed by atoms with van der Waals surface area (Å²) in [5, 5.41) is 13.6. The van der Waals surface area contributed by atoms with Gasteiger partial charge in [-0.2, -0.15) is 0 Å². The van der Waals surface area contributed by atoms with E-state index in [1.165, 1.54) is 16.2 Å². The van der Waals surface area contributed by atoms with E-state index >= 15 is 0 Å². The number of thiazole rings is 1. The van der Waals surface area contributed by atoms with Gasteiger partial charge in [-0.1, -0.05) is 0 Å². The molecule has 0 aliphatic carbocycles. The molecule has 0 aromatic carbocycles. The summed E-state index contributed by atoms with van der Waals surface area (Å²) in [5.41, 5.74) is 2.49. The van der Waals surface area contributed by atoms with Crippen LogP contribution in [-0.4, -0.2) is 39.6 Å². The Bertz CT molecular complexity index is 421. The van der Waals surface area contributed by atoms with Crippen molar-refractivity contribution >= 4 is 23.3 Å². The molecule has 18 heavy (non-hydrogen) atoms. The van der Waals surface area contributed by atoms with Gasteiger partial charge < -0.3 is 15.3 Å². The zero-order valence-corrected chi connectivity index (χ0v) is 10.7. The first-order valence-corrected chi connectivity index (χ1v) is 6.77. The van der Waals surface area contributed by atoms with Crippen LogP contribution in [0.25, 0.3) is 0 Å². The Labute approximate surface area is 109 Å². The molecule has 7 heteroatoms. The lowest BCUT2D eigenvalue weighted by atomic mass is 10.0. The maximum Gasteiger partial charge on any atom is 0.326 e. The van der Waals surface area contributed by atoms with E-state index in [0.717, 1.165) is 18.5 Å². The average molecular weight is 269 g/mol. The average Bonchev–Trinajstić information content (AvgIpc) is 2.89. The van der Waals surface area contributed by atoms with Gasteiger partial charge in [0.1, 0.15) is 6.04 Å². The number of carbonyl (C=O) groups excluding carboxylic acids is 1. The van der Waals surface area contributed by atoms with Crippen molar-refractivity contribution in [3.8, 4) is 0 Å². The van der Waals surface area contributed by atoms with Gasteiger partial charge in [0.25, 0.3) is 0 Å². The number of aromatic nitrogens is 1. The van der Waals surface area contributed by atoms with Gasteiger partial charge in [0, 0.05) is 11.9 Å². The Kier molecular flexibility index (Phi) is 4.14. The van der Waals surface area contributed by atoms with Gasteiger partial charge >= 0.3 is 12.0 Å². The van der Waals surface area contributed by atoms with Gasteiger partial charge in [0.05, 0.1) is 17.7 Å². The summed E-state index contributed by atoms with van der Waals surface area (Å²) in [6.07, 6.45) is 2.24. The first-order valence-electron chi connectivity index (χ1n) is 5.83. The van der Waals surface area contributed by atoms with E-state index in [9.17, 15) is 9.59 Å². The third-order valence-corrected chi connectivity index (χ3v) is 3.59. The fraction of sp³-hybridized carbons (Fsp3) is 0.545. The molecule has 1 aromatic rings. The molecule has 1 fully saturated rings. The highest BCUT2D eigenvalue weighted by molar-refractivity contribution is 7.07. The number of piperidine rings is 1. The smallest absolute Gasteiger partial charge is 0.326 e. The minimum absolute atomic E-state index is 0.324. The monoisotopic (exact) mass is 269 g/mol. The van der Waals surface area contributed by atoms with Crippen LogP contribution in [0.3, 0.4) is 0 Å². The molecule has 2 rings (SSSR count). The van der Waals surface area contributed by atoms with Crippen LogP contribution in [0.15, 0.2) is 10.9 Å². The molecule has 2 heterocycles. The predicted octanol–water partition coefficient (Wildman–Crippen LogP) is 1.29. The van der Waals surface area contributed by atoms with Crippen LogP contribution in [0.1, 0.15) is 25.0 Å². The van der Waals surface area contributed by atoms with Gasteiger partial charge in [0.2, 0.25) is 0 Å². The number of urea groups is 1. The van der Waals surface area contributed by atoms with Crippen LogP contribution in [0, 0.1) is 0 Å². The van der Waals surface area contributed by atoms with Crippen LogP contribution in [0.5, 0.6) is 0 Å². The van der Waals surface area contributed by atoms with Crippen molar-refractivity contribution in [3.05, 3.63) is 16.6 Å². The molecule has 1 aliphatic rings. The van der Waals surface area contributed by atoms with Gasteiger partial charge in [-0.05, 0) is 19.3 Å². The van der Waals surface area contributed by atoms with Crippen molar-refractivity contribution in [1.82, 2.24) is 15.2 Å². The lowest BCUT2D eigenvalue weighted by Crippen LogP contribution is -2.51. The third kappa shape index (κ3) is 2.98. The molecule has 1 saturated heterocycles. The molecule has 1 unspecified atom stereocenters. The highest BCUT2D eigenvalue weighted by atomic mass is 32.1. The third-order valence-electron chi connectivity index (χ3n) is 2.95. The zero-order chi connectivity index (χ0) is 13.0. The SMILES string of the molecule is O=C(O)C1CCCCN1C(=O)NCc1cscn1. The molecule has 1 aliphatic heterocycles. The van der Waals surface area contributed by atoms with Crippen molar-refractivity contribution in [3.63, 3.8) is 0 Å². The zero-order valence-electron chi connectivity index (χ0n) is 9.83. The second kappa shape index (κ2) is 5.81. The first-order chi connectivity index (χ1) is 8.68. The van der Waals surface area contributed by atoms with E-state index in [-0.39, 0.29) is 6.03 Å². The van der Waals surface area contributed by atoms with E-state index in [1.54, 1.807) is 5.51 Å². The van der Waals surface area contributed by atoms with Crippen LogP contribution in [-0.2, 0) is 11.3 Å². The van der Waals surface area contributed by atoms with E-state index in [1.807, 2.05) is 5.38 Å². The Morgan fingerprint density at radius 2 is 2.39 bits per heavy atom. The highest BCUT2D eigenvalue weighted by Crippen LogP contribution is 2.17. The fourth-order valence-electron chi connectivity index (χ4n) is 2.02. The molecule has 0 spiro atoms. The number of nitrogens with zero attached hydrogens (tertiary/aromatic N) is 2. The summed E-state index contributed by atoms with van der Waals surface area (Å²) >= 11 is 1.46. The number of carboxylic acids is 1. The number of carboxylic acid groups (broad SMARTS) is 1. The molecule has 2 amide bonds. The van der Waals surface area contributed by atoms with Gasteiger partial charge in [0.15, 0.2) is 0 Å². The summed E-state index contributed by atoms with van der Waals surface area (Å²) in [6.45, 7) is 0.838. The molecule has 0 bridgehead atoms. The van der Waals surface area contributed by atoms with E-state index in [2.05, 4.69) is 10.3 Å². The number of nitrogens with one attached hydrogen (secondary N) is 1. The lowest BCUT2D eigenvalue weighted by Gasteiger charge is -2.32. The van der Waals surface area contributed by atoms with Crippen molar-refractivity contribution in [2.45, 2.75) is 31.8 Å². The maximum absolute atomic E-state index is 11.9. The molecule has 1 aromatic heterocycles. The van der Waals surface area contributed by atoms with Crippen LogP contribution >= 0.6 is 11.3 Å². The normalized spacial score (nSPS) is 19.6. The topological polar surface area (TPSA) is 82.5 Å². The maximum atomic E-state index is 11.9. The molecule has 2 N–H and O–H groups in total. The summed E-state index contributed by atoms with van der Waals surface area (Å²) < 4.78 is 0. The van der Waals surface area contributed by atoms with Crippen molar-refractivity contribution in [1.29, 1.82) is 0 Å². The van der Waals surface area contributed by atoms with E-state index < -0.39 is 12.0 Å². The van der Waals surface area contributed by atoms with E-state index in [0.29, 0.717) is 19.5 Å². The molecule has 0 radical (unpaired) electrons. The second-order valence-electron chi connectivity index (χ2n) is 4.18. The van der Waals surface area contributed by atoms with Crippen LogP contribution < -0.4 is 5.32 Å².